The Balaban J connectivity index is 3.07. The maximum atomic E-state index is 11.8. The minimum absolute atomic E-state index is 0.397. The highest BCUT2D eigenvalue weighted by molar-refractivity contribution is 6.16. The highest BCUT2D eigenvalue weighted by atomic mass is 16.7. The predicted molar refractivity (Wildman–Crippen MR) is 78.3 cm³/mol. The van der Waals surface area contributed by atoms with Crippen LogP contribution >= 0.6 is 0 Å². The minimum Gasteiger partial charge on any atom is -0.506 e. The number of carbonyl (C=O) groups is 2. The molecule has 1 fully saturated rings. The van der Waals surface area contributed by atoms with E-state index in [2.05, 4.69) is 6.92 Å². The fraction of sp³-hybridized carbons (Fsp3) is 0.500. The van der Waals surface area contributed by atoms with Gasteiger partial charge in [-0.05, 0) is 25.8 Å². The molecule has 1 aliphatic heterocycles. The molecule has 0 bridgehead atoms. The zero-order valence-electron chi connectivity index (χ0n) is 13.1. The van der Waals surface area contributed by atoms with Crippen LogP contribution in [0.15, 0.2) is 34.6 Å². The molecule has 0 saturated carbocycles. The fourth-order valence-electron chi connectivity index (χ4n) is 1.87. The molecule has 1 rings (SSSR count). The van der Waals surface area contributed by atoms with E-state index in [9.17, 15) is 14.7 Å². The summed E-state index contributed by atoms with van der Waals surface area (Å²) in [5.41, 5.74) is 1.07. The molecule has 5 heteroatoms. The first kappa shape index (κ1) is 17.0. The van der Waals surface area contributed by atoms with E-state index in [0.29, 0.717) is 5.57 Å². The summed E-state index contributed by atoms with van der Waals surface area (Å²) in [4.78, 5) is 23.6. The molecule has 0 aromatic rings. The molecule has 0 atom stereocenters. The molecule has 1 N–H and O–H groups in total. The van der Waals surface area contributed by atoms with E-state index in [1.165, 1.54) is 13.8 Å². The van der Waals surface area contributed by atoms with Gasteiger partial charge >= 0.3 is 11.9 Å². The summed E-state index contributed by atoms with van der Waals surface area (Å²) in [5, 5.41) is 10.1. The molecule has 0 unspecified atom stereocenters. The Hall–Kier alpha value is -2.04. The number of aliphatic hydroxyl groups excluding tert-OH is 1. The Labute approximate surface area is 124 Å². The lowest BCUT2D eigenvalue weighted by molar-refractivity contribution is -0.222. The van der Waals surface area contributed by atoms with Gasteiger partial charge in [-0.25, -0.2) is 9.59 Å². The molecule has 1 aliphatic rings. The number of aliphatic hydroxyl groups is 1. The maximum absolute atomic E-state index is 11.8. The summed E-state index contributed by atoms with van der Waals surface area (Å²) in [6.45, 7) is 8.57. The van der Waals surface area contributed by atoms with Crippen LogP contribution in [0.5, 0.6) is 0 Å². The van der Waals surface area contributed by atoms with Gasteiger partial charge in [-0.1, -0.05) is 31.1 Å². The van der Waals surface area contributed by atoms with Gasteiger partial charge in [0.25, 0.3) is 5.79 Å². The second kappa shape index (κ2) is 6.61. The summed E-state index contributed by atoms with van der Waals surface area (Å²) in [6, 6.07) is 0. The van der Waals surface area contributed by atoms with Crippen molar-refractivity contribution in [3.8, 4) is 0 Å². The van der Waals surface area contributed by atoms with Gasteiger partial charge in [0.2, 0.25) is 0 Å². The highest BCUT2D eigenvalue weighted by Crippen LogP contribution is 2.26. The monoisotopic (exact) mass is 294 g/mol. The van der Waals surface area contributed by atoms with Crippen LogP contribution in [0.1, 0.15) is 47.5 Å². The summed E-state index contributed by atoms with van der Waals surface area (Å²) < 4.78 is 9.90. The minimum atomic E-state index is -1.31. The van der Waals surface area contributed by atoms with Crippen LogP contribution in [-0.2, 0) is 19.1 Å². The van der Waals surface area contributed by atoms with Crippen molar-refractivity contribution in [1.82, 2.24) is 0 Å². The summed E-state index contributed by atoms with van der Waals surface area (Å²) in [5.74, 6) is -3.49. The molecular weight excluding hydrogens is 272 g/mol. The Morgan fingerprint density at radius 2 is 1.67 bits per heavy atom. The van der Waals surface area contributed by atoms with Crippen LogP contribution < -0.4 is 0 Å². The van der Waals surface area contributed by atoms with E-state index in [0.717, 1.165) is 18.4 Å². The van der Waals surface area contributed by atoms with E-state index in [4.69, 9.17) is 9.47 Å². The van der Waals surface area contributed by atoms with Crippen LogP contribution in [0, 0.1) is 0 Å². The maximum Gasteiger partial charge on any atom is 0.352 e. The van der Waals surface area contributed by atoms with E-state index >= 15 is 0 Å². The molecule has 1 heterocycles. The van der Waals surface area contributed by atoms with Crippen LogP contribution in [0.2, 0.25) is 0 Å². The van der Waals surface area contributed by atoms with Gasteiger partial charge < -0.3 is 14.6 Å². The second-order valence-corrected chi connectivity index (χ2v) is 5.52. The standard InChI is InChI=1S/C16H22O5/c1-6-7-10(2)8-9-11(3)13(17)12-14(18)20-16(4,5)21-15(12)19/h8-9,17H,6-7H2,1-5H3/b10-8+,11-9+. The van der Waals surface area contributed by atoms with Crippen LogP contribution in [0.25, 0.3) is 0 Å². The molecule has 0 aromatic carbocycles. The normalized spacial score (nSPS) is 19.2. The molecule has 0 amide bonds. The topological polar surface area (TPSA) is 72.8 Å². The third-order valence-corrected chi connectivity index (χ3v) is 2.96. The van der Waals surface area contributed by atoms with Gasteiger partial charge in [-0.15, -0.1) is 0 Å². The number of rotatable bonds is 4. The van der Waals surface area contributed by atoms with Crippen molar-refractivity contribution in [3.05, 3.63) is 34.6 Å². The molecule has 1 saturated heterocycles. The highest BCUT2D eigenvalue weighted by Gasteiger charge is 2.41. The first-order valence-corrected chi connectivity index (χ1v) is 6.92. The molecule has 0 aliphatic carbocycles. The lowest BCUT2D eigenvalue weighted by Crippen LogP contribution is -2.42. The van der Waals surface area contributed by atoms with E-state index < -0.39 is 29.1 Å². The summed E-state index contributed by atoms with van der Waals surface area (Å²) in [6.07, 6.45) is 5.47. The molecular formula is C16H22O5. The molecule has 5 nitrogen and oxygen atoms in total. The molecule has 0 aromatic heterocycles. The predicted octanol–water partition coefficient (Wildman–Crippen LogP) is 3.33. The van der Waals surface area contributed by atoms with E-state index in [-0.39, 0.29) is 0 Å². The zero-order chi connectivity index (χ0) is 16.2. The van der Waals surface area contributed by atoms with Crippen molar-refractivity contribution >= 4 is 11.9 Å². The number of esters is 2. The van der Waals surface area contributed by atoms with Gasteiger partial charge in [0, 0.05) is 13.8 Å². The Kier molecular flexibility index (Phi) is 5.35. The lowest BCUT2D eigenvalue weighted by Gasteiger charge is -2.30. The van der Waals surface area contributed by atoms with Crippen LogP contribution in [0.3, 0.4) is 0 Å². The van der Waals surface area contributed by atoms with Gasteiger partial charge in [0.1, 0.15) is 5.76 Å². The first-order valence-electron chi connectivity index (χ1n) is 6.92. The average molecular weight is 294 g/mol. The number of cyclic esters (lactones) is 2. The summed E-state index contributed by atoms with van der Waals surface area (Å²) in [7, 11) is 0. The number of carbonyl (C=O) groups excluding carboxylic acids is 2. The van der Waals surface area contributed by atoms with Gasteiger partial charge in [-0.3, -0.25) is 0 Å². The van der Waals surface area contributed by atoms with Crippen molar-refractivity contribution in [2.75, 3.05) is 0 Å². The quantitative estimate of drug-likeness (QED) is 0.283. The number of allylic oxidation sites excluding steroid dienone is 4. The average Bonchev–Trinajstić information content (AvgIpc) is 2.33. The molecule has 116 valence electrons. The number of hydrogen-bond donors (Lipinski definition) is 1. The third kappa shape index (κ3) is 4.48. The van der Waals surface area contributed by atoms with Crippen molar-refractivity contribution < 1.29 is 24.2 Å². The van der Waals surface area contributed by atoms with Crippen LogP contribution in [-0.4, -0.2) is 22.8 Å². The van der Waals surface area contributed by atoms with E-state index in [1.807, 2.05) is 13.0 Å². The third-order valence-electron chi connectivity index (χ3n) is 2.96. The van der Waals surface area contributed by atoms with Crippen molar-refractivity contribution in [2.24, 2.45) is 0 Å². The summed E-state index contributed by atoms with van der Waals surface area (Å²) >= 11 is 0. The lowest BCUT2D eigenvalue weighted by atomic mass is 10.1. The van der Waals surface area contributed by atoms with Crippen molar-refractivity contribution in [3.63, 3.8) is 0 Å². The largest absolute Gasteiger partial charge is 0.506 e. The fourth-order valence-corrected chi connectivity index (χ4v) is 1.87. The van der Waals surface area contributed by atoms with E-state index in [1.54, 1.807) is 13.0 Å². The van der Waals surface area contributed by atoms with Crippen molar-refractivity contribution in [2.45, 2.75) is 53.2 Å². The Bertz CT molecular complexity index is 513. The first-order chi connectivity index (χ1) is 9.68. The SMILES string of the molecule is CCC/C(C)=C/C=C(\C)C(O)=C1C(=O)OC(C)(C)OC1=O. The van der Waals surface area contributed by atoms with Crippen LogP contribution in [0.4, 0.5) is 0 Å². The Morgan fingerprint density at radius 1 is 1.14 bits per heavy atom. The van der Waals surface area contributed by atoms with Crippen molar-refractivity contribution in [1.29, 1.82) is 0 Å². The number of hydrogen-bond acceptors (Lipinski definition) is 5. The smallest absolute Gasteiger partial charge is 0.352 e. The second-order valence-electron chi connectivity index (χ2n) is 5.52. The van der Waals surface area contributed by atoms with Gasteiger partial charge in [0.05, 0.1) is 0 Å². The molecule has 0 spiro atoms. The zero-order valence-corrected chi connectivity index (χ0v) is 13.1. The van der Waals surface area contributed by atoms with Gasteiger partial charge in [-0.2, -0.15) is 0 Å². The Morgan fingerprint density at radius 3 is 2.14 bits per heavy atom. The molecule has 0 radical (unpaired) electrons. The van der Waals surface area contributed by atoms with Gasteiger partial charge in [0.15, 0.2) is 5.57 Å². The molecule has 21 heavy (non-hydrogen) atoms. The number of ether oxygens (including phenoxy) is 2.